The Hall–Kier alpha value is -0.610. The molecule has 0 bridgehead atoms. The maximum Gasteiger partial charge on any atom is 0.220 e. The summed E-state index contributed by atoms with van der Waals surface area (Å²) >= 11 is 0. The molecule has 94 valence electrons. The third-order valence-corrected chi connectivity index (χ3v) is 3.28. The molecular formula is C12H24N2O2. The molecule has 16 heavy (non-hydrogen) atoms. The molecule has 1 rings (SSSR count). The summed E-state index contributed by atoms with van der Waals surface area (Å²) < 4.78 is 0. The van der Waals surface area contributed by atoms with Gasteiger partial charge in [-0.3, -0.25) is 4.79 Å². The maximum atomic E-state index is 11.6. The van der Waals surface area contributed by atoms with E-state index in [0.717, 1.165) is 25.9 Å². The molecule has 0 aromatic carbocycles. The minimum absolute atomic E-state index is 0.132. The van der Waals surface area contributed by atoms with Crippen molar-refractivity contribution in [3.05, 3.63) is 0 Å². The van der Waals surface area contributed by atoms with E-state index in [-0.39, 0.29) is 18.6 Å². The molecule has 3 N–H and O–H groups in total. The summed E-state index contributed by atoms with van der Waals surface area (Å²) in [7, 11) is 0. The van der Waals surface area contributed by atoms with E-state index in [1.807, 2.05) is 6.92 Å². The summed E-state index contributed by atoms with van der Waals surface area (Å²) in [6.45, 7) is 4.32. The van der Waals surface area contributed by atoms with Crippen LogP contribution in [0.2, 0.25) is 0 Å². The van der Waals surface area contributed by atoms with Crippen molar-refractivity contribution in [2.24, 2.45) is 5.92 Å². The summed E-state index contributed by atoms with van der Waals surface area (Å²) in [5.74, 6) is 0.802. The Bertz CT molecular complexity index is 203. The molecule has 0 radical (unpaired) electrons. The molecule has 2 atom stereocenters. The van der Waals surface area contributed by atoms with Crippen molar-refractivity contribution < 1.29 is 9.90 Å². The van der Waals surface area contributed by atoms with E-state index in [0.29, 0.717) is 18.8 Å². The zero-order valence-corrected chi connectivity index (χ0v) is 10.2. The smallest absolute Gasteiger partial charge is 0.220 e. The summed E-state index contributed by atoms with van der Waals surface area (Å²) in [6.07, 6.45) is 4.34. The molecule has 0 aromatic heterocycles. The van der Waals surface area contributed by atoms with Gasteiger partial charge in [0, 0.05) is 19.1 Å². The monoisotopic (exact) mass is 228 g/mol. The van der Waals surface area contributed by atoms with Crippen molar-refractivity contribution in [1.82, 2.24) is 10.6 Å². The van der Waals surface area contributed by atoms with Crippen molar-refractivity contribution in [3.8, 4) is 0 Å². The molecule has 0 spiro atoms. The van der Waals surface area contributed by atoms with Crippen LogP contribution in [0.1, 0.15) is 39.0 Å². The Labute approximate surface area is 97.8 Å². The Balaban J connectivity index is 2.13. The SMILES string of the molecule is CCC(CCO)NC(=O)CCC1CCNC1. The summed E-state index contributed by atoms with van der Waals surface area (Å²) in [6, 6.07) is 0.138. The van der Waals surface area contributed by atoms with E-state index in [1.165, 1.54) is 6.42 Å². The minimum Gasteiger partial charge on any atom is -0.396 e. The number of amides is 1. The third kappa shape index (κ3) is 4.94. The fraction of sp³-hybridized carbons (Fsp3) is 0.917. The molecule has 1 aliphatic heterocycles. The second-order valence-corrected chi connectivity index (χ2v) is 4.58. The van der Waals surface area contributed by atoms with E-state index < -0.39 is 0 Å². The van der Waals surface area contributed by atoms with Gasteiger partial charge in [0.1, 0.15) is 0 Å². The summed E-state index contributed by atoms with van der Waals surface area (Å²) in [5.41, 5.74) is 0. The van der Waals surface area contributed by atoms with E-state index in [4.69, 9.17) is 5.11 Å². The Morgan fingerprint density at radius 2 is 2.44 bits per heavy atom. The number of carbonyl (C=O) groups is 1. The molecule has 0 aliphatic carbocycles. The van der Waals surface area contributed by atoms with Crippen LogP contribution in [0.3, 0.4) is 0 Å². The lowest BCUT2D eigenvalue weighted by atomic mass is 10.0. The van der Waals surface area contributed by atoms with E-state index in [1.54, 1.807) is 0 Å². The average molecular weight is 228 g/mol. The molecule has 1 heterocycles. The zero-order chi connectivity index (χ0) is 11.8. The number of hydrogen-bond donors (Lipinski definition) is 3. The number of carbonyl (C=O) groups excluding carboxylic acids is 1. The molecule has 0 aromatic rings. The van der Waals surface area contributed by atoms with Crippen molar-refractivity contribution in [1.29, 1.82) is 0 Å². The Kier molecular flexibility index (Phi) is 6.42. The quantitative estimate of drug-likeness (QED) is 0.599. The van der Waals surface area contributed by atoms with Crippen LogP contribution in [-0.2, 0) is 4.79 Å². The number of aliphatic hydroxyl groups excluding tert-OH is 1. The first kappa shape index (κ1) is 13.5. The number of aliphatic hydroxyl groups is 1. The first-order valence-corrected chi connectivity index (χ1v) is 6.37. The van der Waals surface area contributed by atoms with Crippen molar-refractivity contribution in [2.45, 2.75) is 45.1 Å². The zero-order valence-electron chi connectivity index (χ0n) is 10.2. The molecule has 1 fully saturated rings. The predicted molar refractivity (Wildman–Crippen MR) is 64.1 cm³/mol. The van der Waals surface area contributed by atoms with Gasteiger partial charge in [0.25, 0.3) is 0 Å². The second kappa shape index (κ2) is 7.63. The minimum atomic E-state index is 0.132. The summed E-state index contributed by atoms with van der Waals surface area (Å²) in [4.78, 5) is 11.6. The lowest BCUT2D eigenvalue weighted by Crippen LogP contribution is -2.35. The van der Waals surface area contributed by atoms with Crippen molar-refractivity contribution >= 4 is 5.91 Å². The van der Waals surface area contributed by atoms with Gasteiger partial charge in [-0.1, -0.05) is 6.92 Å². The lowest BCUT2D eigenvalue weighted by Gasteiger charge is -2.16. The molecule has 1 aliphatic rings. The highest BCUT2D eigenvalue weighted by atomic mass is 16.3. The Morgan fingerprint density at radius 3 is 3.00 bits per heavy atom. The predicted octanol–water partition coefficient (Wildman–Crippen LogP) is 0.653. The van der Waals surface area contributed by atoms with E-state index in [9.17, 15) is 4.79 Å². The lowest BCUT2D eigenvalue weighted by molar-refractivity contribution is -0.122. The molecule has 1 saturated heterocycles. The highest BCUT2D eigenvalue weighted by Crippen LogP contribution is 2.14. The van der Waals surface area contributed by atoms with Gasteiger partial charge >= 0.3 is 0 Å². The van der Waals surface area contributed by atoms with Crippen LogP contribution >= 0.6 is 0 Å². The Morgan fingerprint density at radius 1 is 1.62 bits per heavy atom. The van der Waals surface area contributed by atoms with Gasteiger partial charge in [-0.15, -0.1) is 0 Å². The molecule has 2 unspecified atom stereocenters. The molecule has 0 saturated carbocycles. The molecule has 1 amide bonds. The van der Waals surface area contributed by atoms with Gasteiger partial charge in [-0.05, 0) is 44.7 Å². The standard InChI is InChI=1S/C12H24N2O2/c1-2-11(6-8-15)14-12(16)4-3-10-5-7-13-9-10/h10-11,13,15H,2-9H2,1H3,(H,14,16). The fourth-order valence-electron chi connectivity index (χ4n) is 2.13. The summed E-state index contributed by atoms with van der Waals surface area (Å²) in [5, 5.41) is 15.1. The highest BCUT2D eigenvalue weighted by molar-refractivity contribution is 5.76. The largest absolute Gasteiger partial charge is 0.396 e. The highest BCUT2D eigenvalue weighted by Gasteiger charge is 2.16. The first-order chi connectivity index (χ1) is 7.76. The van der Waals surface area contributed by atoms with Crippen LogP contribution in [0.25, 0.3) is 0 Å². The third-order valence-electron chi connectivity index (χ3n) is 3.28. The maximum absolute atomic E-state index is 11.6. The molecule has 4 nitrogen and oxygen atoms in total. The van der Waals surface area contributed by atoms with Crippen LogP contribution in [0.15, 0.2) is 0 Å². The van der Waals surface area contributed by atoms with E-state index in [2.05, 4.69) is 10.6 Å². The van der Waals surface area contributed by atoms with Gasteiger partial charge in [-0.25, -0.2) is 0 Å². The van der Waals surface area contributed by atoms with Gasteiger partial charge in [-0.2, -0.15) is 0 Å². The van der Waals surface area contributed by atoms with Crippen molar-refractivity contribution in [3.63, 3.8) is 0 Å². The second-order valence-electron chi connectivity index (χ2n) is 4.58. The van der Waals surface area contributed by atoms with Crippen LogP contribution in [0.5, 0.6) is 0 Å². The number of hydrogen-bond acceptors (Lipinski definition) is 3. The molecular weight excluding hydrogens is 204 g/mol. The fourth-order valence-corrected chi connectivity index (χ4v) is 2.13. The van der Waals surface area contributed by atoms with Crippen molar-refractivity contribution in [2.75, 3.05) is 19.7 Å². The van der Waals surface area contributed by atoms with Crippen LogP contribution in [0, 0.1) is 5.92 Å². The molecule has 4 heteroatoms. The van der Waals surface area contributed by atoms with Crippen LogP contribution in [-0.4, -0.2) is 36.8 Å². The van der Waals surface area contributed by atoms with Gasteiger partial charge in [0.05, 0.1) is 0 Å². The topological polar surface area (TPSA) is 61.4 Å². The van der Waals surface area contributed by atoms with Crippen LogP contribution in [0.4, 0.5) is 0 Å². The normalized spacial score (nSPS) is 22.0. The van der Waals surface area contributed by atoms with Gasteiger partial charge in [0.15, 0.2) is 0 Å². The van der Waals surface area contributed by atoms with Gasteiger partial charge in [0.2, 0.25) is 5.91 Å². The number of nitrogens with one attached hydrogen (secondary N) is 2. The number of rotatable bonds is 7. The van der Waals surface area contributed by atoms with Gasteiger partial charge < -0.3 is 15.7 Å². The first-order valence-electron chi connectivity index (χ1n) is 6.37. The van der Waals surface area contributed by atoms with Crippen LogP contribution < -0.4 is 10.6 Å². The average Bonchev–Trinajstić information content (AvgIpc) is 2.78. The van der Waals surface area contributed by atoms with E-state index >= 15 is 0 Å².